The van der Waals surface area contributed by atoms with Crippen LogP contribution in [0.4, 0.5) is 0 Å². The molecular weight excluding hydrogens is 170 g/mol. The highest BCUT2D eigenvalue weighted by Gasteiger charge is 2.18. The maximum atomic E-state index is 3.31. The van der Waals surface area contributed by atoms with Crippen molar-refractivity contribution in [3.05, 3.63) is 35.4 Å². The second kappa shape index (κ2) is 3.92. The van der Waals surface area contributed by atoms with E-state index in [1.165, 1.54) is 24.0 Å². The lowest BCUT2D eigenvalue weighted by atomic mass is 10.1. The summed E-state index contributed by atoms with van der Waals surface area (Å²) in [4.78, 5) is 0. The first-order valence-electron chi connectivity index (χ1n) is 4.14. The van der Waals surface area contributed by atoms with Crippen LogP contribution < -0.4 is 5.32 Å². The van der Waals surface area contributed by atoms with Gasteiger partial charge in [-0.1, -0.05) is 24.3 Å². The maximum absolute atomic E-state index is 3.31. The molecule has 0 unspecified atom stereocenters. The Kier molecular flexibility index (Phi) is 3.12. The lowest BCUT2D eigenvalue weighted by Gasteiger charge is -2.04. The largest absolute Gasteiger partial charge is 0.316 e. The quantitative estimate of drug-likeness (QED) is 0.700. The van der Waals surface area contributed by atoms with E-state index in [0.717, 1.165) is 0 Å². The SMILES string of the molecule is CNC1Cc2ccccc2C1.Cl. The summed E-state index contributed by atoms with van der Waals surface area (Å²) in [6.07, 6.45) is 2.40. The summed E-state index contributed by atoms with van der Waals surface area (Å²) in [6.45, 7) is 0. The molecule has 0 bridgehead atoms. The van der Waals surface area contributed by atoms with Crippen LogP contribution in [0.25, 0.3) is 0 Å². The first kappa shape index (κ1) is 9.56. The van der Waals surface area contributed by atoms with Crippen LogP contribution in [0.15, 0.2) is 24.3 Å². The summed E-state index contributed by atoms with van der Waals surface area (Å²) in [5.41, 5.74) is 3.04. The second-order valence-corrected chi connectivity index (χ2v) is 3.16. The van der Waals surface area contributed by atoms with Crippen LogP contribution >= 0.6 is 12.4 Å². The van der Waals surface area contributed by atoms with E-state index in [9.17, 15) is 0 Å². The van der Waals surface area contributed by atoms with Crippen LogP contribution in [0.2, 0.25) is 0 Å². The summed E-state index contributed by atoms with van der Waals surface area (Å²) in [7, 11) is 2.04. The van der Waals surface area contributed by atoms with E-state index in [0.29, 0.717) is 6.04 Å². The van der Waals surface area contributed by atoms with Crippen molar-refractivity contribution in [3.63, 3.8) is 0 Å². The third-order valence-electron chi connectivity index (χ3n) is 2.46. The van der Waals surface area contributed by atoms with E-state index in [1.54, 1.807) is 0 Å². The Morgan fingerprint density at radius 1 is 1.17 bits per heavy atom. The Morgan fingerprint density at radius 3 is 2.08 bits per heavy atom. The molecule has 2 rings (SSSR count). The van der Waals surface area contributed by atoms with Gasteiger partial charge in [-0.3, -0.25) is 0 Å². The molecule has 0 radical (unpaired) electrons. The molecular formula is C10H14ClN. The number of hydrogen-bond acceptors (Lipinski definition) is 1. The zero-order valence-corrected chi connectivity index (χ0v) is 8.03. The zero-order chi connectivity index (χ0) is 7.68. The number of likely N-dealkylation sites (N-methyl/N-ethyl adjacent to an activating group) is 1. The molecule has 0 spiro atoms. The summed E-state index contributed by atoms with van der Waals surface area (Å²) in [5.74, 6) is 0. The molecule has 12 heavy (non-hydrogen) atoms. The van der Waals surface area contributed by atoms with Crippen molar-refractivity contribution >= 4 is 12.4 Å². The van der Waals surface area contributed by atoms with Gasteiger partial charge >= 0.3 is 0 Å². The number of halogens is 1. The Hall–Kier alpha value is -0.530. The number of rotatable bonds is 1. The molecule has 0 fully saturated rings. The minimum atomic E-state index is 0. The molecule has 0 heterocycles. The average Bonchev–Trinajstić information content (AvgIpc) is 2.46. The lowest BCUT2D eigenvalue weighted by molar-refractivity contribution is 0.593. The molecule has 0 aromatic heterocycles. The van der Waals surface area contributed by atoms with Crippen LogP contribution in [-0.4, -0.2) is 13.1 Å². The van der Waals surface area contributed by atoms with Gasteiger partial charge in [0.05, 0.1) is 0 Å². The van der Waals surface area contributed by atoms with Crippen LogP contribution in [0, 0.1) is 0 Å². The maximum Gasteiger partial charge on any atom is 0.0145 e. The topological polar surface area (TPSA) is 12.0 Å². The van der Waals surface area contributed by atoms with Gasteiger partial charge in [-0.05, 0) is 31.0 Å². The number of nitrogens with one attached hydrogen (secondary N) is 1. The van der Waals surface area contributed by atoms with Gasteiger partial charge < -0.3 is 5.32 Å². The van der Waals surface area contributed by atoms with Crippen LogP contribution in [0.1, 0.15) is 11.1 Å². The molecule has 0 atom stereocenters. The predicted molar refractivity (Wildman–Crippen MR) is 53.9 cm³/mol. The Balaban J connectivity index is 0.000000720. The van der Waals surface area contributed by atoms with Gasteiger partial charge in [0.1, 0.15) is 0 Å². The van der Waals surface area contributed by atoms with Crippen molar-refractivity contribution in [2.75, 3.05) is 7.05 Å². The molecule has 1 aromatic rings. The van der Waals surface area contributed by atoms with Gasteiger partial charge in [-0.25, -0.2) is 0 Å². The highest BCUT2D eigenvalue weighted by atomic mass is 35.5. The smallest absolute Gasteiger partial charge is 0.0145 e. The number of benzene rings is 1. The first-order chi connectivity index (χ1) is 5.40. The van der Waals surface area contributed by atoms with Gasteiger partial charge in [0.2, 0.25) is 0 Å². The molecule has 2 heteroatoms. The van der Waals surface area contributed by atoms with Crippen molar-refractivity contribution in [1.29, 1.82) is 0 Å². The van der Waals surface area contributed by atoms with Gasteiger partial charge in [-0.2, -0.15) is 0 Å². The van der Waals surface area contributed by atoms with Crippen molar-refractivity contribution in [2.24, 2.45) is 0 Å². The van der Waals surface area contributed by atoms with E-state index in [2.05, 4.69) is 29.6 Å². The molecule has 0 amide bonds. The summed E-state index contributed by atoms with van der Waals surface area (Å²) in [6, 6.07) is 9.38. The van der Waals surface area contributed by atoms with Gasteiger partial charge in [0, 0.05) is 6.04 Å². The monoisotopic (exact) mass is 183 g/mol. The zero-order valence-electron chi connectivity index (χ0n) is 7.21. The fourth-order valence-electron chi connectivity index (χ4n) is 1.76. The van der Waals surface area contributed by atoms with E-state index >= 15 is 0 Å². The summed E-state index contributed by atoms with van der Waals surface area (Å²) >= 11 is 0. The average molecular weight is 184 g/mol. The minimum Gasteiger partial charge on any atom is -0.316 e. The Bertz CT molecular complexity index is 235. The van der Waals surface area contributed by atoms with Gasteiger partial charge in [0.25, 0.3) is 0 Å². The van der Waals surface area contributed by atoms with E-state index in [-0.39, 0.29) is 12.4 Å². The van der Waals surface area contributed by atoms with Crippen molar-refractivity contribution in [2.45, 2.75) is 18.9 Å². The molecule has 0 saturated carbocycles. The second-order valence-electron chi connectivity index (χ2n) is 3.16. The molecule has 0 saturated heterocycles. The Labute approximate surface area is 79.6 Å². The number of hydrogen-bond donors (Lipinski definition) is 1. The standard InChI is InChI=1S/C10H13N.ClH/c1-11-10-6-8-4-2-3-5-9(8)7-10;/h2-5,10-11H,6-7H2,1H3;1H. The molecule has 1 aromatic carbocycles. The van der Waals surface area contributed by atoms with Crippen LogP contribution in [-0.2, 0) is 12.8 Å². The third kappa shape index (κ3) is 1.62. The van der Waals surface area contributed by atoms with Crippen LogP contribution in [0.3, 0.4) is 0 Å². The fourth-order valence-corrected chi connectivity index (χ4v) is 1.76. The van der Waals surface area contributed by atoms with E-state index in [1.807, 2.05) is 7.05 Å². The van der Waals surface area contributed by atoms with Crippen molar-refractivity contribution in [3.8, 4) is 0 Å². The lowest BCUT2D eigenvalue weighted by Crippen LogP contribution is -2.24. The first-order valence-corrected chi connectivity index (χ1v) is 4.14. The minimum absolute atomic E-state index is 0. The van der Waals surface area contributed by atoms with E-state index in [4.69, 9.17) is 0 Å². The molecule has 0 aliphatic heterocycles. The van der Waals surface area contributed by atoms with Gasteiger partial charge in [-0.15, -0.1) is 12.4 Å². The molecule has 1 N–H and O–H groups in total. The number of fused-ring (bicyclic) bond motifs is 1. The van der Waals surface area contributed by atoms with Crippen molar-refractivity contribution in [1.82, 2.24) is 5.32 Å². The Morgan fingerprint density at radius 2 is 1.67 bits per heavy atom. The fraction of sp³-hybridized carbons (Fsp3) is 0.400. The summed E-state index contributed by atoms with van der Waals surface area (Å²) < 4.78 is 0. The summed E-state index contributed by atoms with van der Waals surface area (Å²) in [5, 5.41) is 3.31. The predicted octanol–water partition coefficient (Wildman–Crippen LogP) is 1.79. The molecule has 66 valence electrons. The van der Waals surface area contributed by atoms with Crippen molar-refractivity contribution < 1.29 is 0 Å². The normalized spacial score (nSPS) is 15.4. The molecule has 1 aliphatic rings. The van der Waals surface area contributed by atoms with E-state index < -0.39 is 0 Å². The highest BCUT2D eigenvalue weighted by molar-refractivity contribution is 5.85. The molecule has 1 aliphatic carbocycles. The van der Waals surface area contributed by atoms with Crippen LogP contribution in [0.5, 0.6) is 0 Å². The molecule has 1 nitrogen and oxygen atoms in total. The highest BCUT2D eigenvalue weighted by Crippen LogP contribution is 2.20. The van der Waals surface area contributed by atoms with Gasteiger partial charge in [0.15, 0.2) is 0 Å². The third-order valence-corrected chi connectivity index (χ3v) is 2.46.